The molecule has 2 aromatic carbocycles. The third kappa shape index (κ3) is 4.18. The van der Waals surface area contributed by atoms with Gasteiger partial charge in [-0.3, -0.25) is 9.59 Å². The minimum atomic E-state index is -0.208. The zero-order valence-corrected chi connectivity index (χ0v) is 17.6. The van der Waals surface area contributed by atoms with Crippen LogP contribution < -0.4 is 15.6 Å². The quantitative estimate of drug-likeness (QED) is 0.476. The normalized spacial score (nSPS) is 11.2. The van der Waals surface area contributed by atoms with Gasteiger partial charge >= 0.3 is 0 Å². The number of hydrogen-bond donors (Lipinski definition) is 1. The first-order chi connectivity index (χ1) is 15.1. The number of fused-ring (bicyclic) bond motifs is 2. The molecule has 31 heavy (non-hydrogen) atoms. The Balaban J connectivity index is 1.53. The van der Waals surface area contributed by atoms with Gasteiger partial charge in [0, 0.05) is 60.8 Å². The van der Waals surface area contributed by atoms with Crippen molar-refractivity contribution in [3.8, 4) is 5.75 Å². The minimum Gasteiger partial charge on any atom is -0.497 e. The smallest absolute Gasteiger partial charge is 0.258 e. The zero-order valence-electron chi connectivity index (χ0n) is 17.6. The molecule has 0 spiro atoms. The van der Waals surface area contributed by atoms with Crippen LogP contribution >= 0.6 is 0 Å². The number of carbonyl (C=O) groups is 1. The van der Waals surface area contributed by atoms with Crippen LogP contribution in [0.5, 0.6) is 5.75 Å². The molecule has 0 fully saturated rings. The maximum Gasteiger partial charge on any atom is 0.258 e. The van der Waals surface area contributed by atoms with Gasteiger partial charge in [-0.25, -0.2) is 0 Å². The summed E-state index contributed by atoms with van der Waals surface area (Å²) in [6.07, 6.45) is 3.62. The van der Waals surface area contributed by atoms with E-state index in [0.717, 1.165) is 16.7 Å². The molecule has 0 aliphatic carbocycles. The van der Waals surface area contributed by atoms with Gasteiger partial charge in [-0.1, -0.05) is 18.2 Å². The van der Waals surface area contributed by atoms with Crippen LogP contribution in [0.15, 0.2) is 65.7 Å². The molecular formula is C24H25N3O4. The van der Waals surface area contributed by atoms with Crippen LogP contribution in [0.25, 0.3) is 21.7 Å². The lowest BCUT2D eigenvalue weighted by Gasteiger charge is -2.13. The van der Waals surface area contributed by atoms with Crippen LogP contribution in [0.2, 0.25) is 0 Å². The number of hydrogen-bond acceptors (Lipinski definition) is 4. The molecule has 4 aromatic rings. The van der Waals surface area contributed by atoms with Gasteiger partial charge in [-0.15, -0.1) is 0 Å². The van der Waals surface area contributed by atoms with E-state index < -0.39 is 0 Å². The summed E-state index contributed by atoms with van der Waals surface area (Å²) in [6, 6.07) is 15.1. The van der Waals surface area contributed by atoms with Gasteiger partial charge in [0.05, 0.1) is 19.3 Å². The van der Waals surface area contributed by atoms with Gasteiger partial charge in [0.25, 0.3) is 11.5 Å². The van der Waals surface area contributed by atoms with Crippen molar-refractivity contribution in [2.75, 3.05) is 27.4 Å². The van der Waals surface area contributed by atoms with Crippen molar-refractivity contribution in [3.05, 3.63) is 76.8 Å². The molecule has 1 N–H and O–H groups in total. The van der Waals surface area contributed by atoms with Crippen molar-refractivity contribution < 1.29 is 14.3 Å². The summed E-state index contributed by atoms with van der Waals surface area (Å²) < 4.78 is 14.0. The Morgan fingerprint density at radius 3 is 2.58 bits per heavy atom. The highest BCUT2D eigenvalue weighted by molar-refractivity contribution is 6.06. The molecular weight excluding hydrogens is 394 g/mol. The molecule has 0 bridgehead atoms. The molecule has 0 saturated heterocycles. The minimum absolute atomic E-state index is 0.126. The summed E-state index contributed by atoms with van der Waals surface area (Å²) in [5.41, 5.74) is 1.43. The Bertz CT molecular complexity index is 1290. The van der Waals surface area contributed by atoms with E-state index in [1.54, 1.807) is 38.6 Å². The van der Waals surface area contributed by atoms with Crippen LogP contribution in [-0.4, -0.2) is 42.4 Å². The number of pyridine rings is 1. The van der Waals surface area contributed by atoms with E-state index in [1.807, 2.05) is 36.5 Å². The van der Waals surface area contributed by atoms with Crippen LogP contribution in [-0.2, 0) is 17.8 Å². The van der Waals surface area contributed by atoms with E-state index in [2.05, 4.69) is 9.88 Å². The van der Waals surface area contributed by atoms with E-state index in [-0.39, 0.29) is 11.5 Å². The lowest BCUT2D eigenvalue weighted by Crippen LogP contribution is -2.30. The maximum absolute atomic E-state index is 13.0. The van der Waals surface area contributed by atoms with Gasteiger partial charge in [-0.05, 0) is 30.3 Å². The second kappa shape index (κ2) is 9.06. The highest BCUT2D eigenvalue weighted by atomic mass is 16.5. The van der Waals surface area contributed by atoms with Crippen molar-refractivity contribution >= 4 is 27.6 Å². The van der Waals surface area contributed by atoms with E-state index >= 15 is 0 Å². The number of ether oxygens (including phenoxy) is 2. The first-order valence-corrected chi connectivity index (χ1v) is 10.1. The Labute approximate surface area is 179 Å². The van der Waals surface area contributed by atoms with Crippen molar-refractivity contribution in [2.45, 2.75) is 13.1 Å². The fourth-order valence-corrected chi connectivity index (χ4v) is 3.77. The van der Waals surface area contributed by atoms with E-state index in [4.69, 9.17) is 9.47 Å². The highest BCUT2D eigenvalue weighted by Gasteiger charge is 2.14. The zero-order chi connectivity index (χ0) is 21.8. The van der Waals surface area contributed by atoms with Crippen molar-refractivity contribution in [1.82, 2.24) is 14.5 Å². The summed E-state index contributed by atoms with van der Waals surface area (Å²) in [5.74, 6) is 0.606. The Kier molecular flexibility index (Phi) is 6.04. The largest absolute Gasteiger partial charge is 0.497 e. The molecule has 0 atom stereocenters. The molecule has 0 saturated carbocycles. The van der Waals surface area contributed by atoms with Crippen LogP contribution in [0.3, 0.4) is 0 Å². The van der Waals surface area contributed by atoms with Crippen LogP contribution in [0, 0.1) is 0 Å². The number of rotatable bonds is 8. The molecule has 2 aromatic heterocycles. The summed E-state index contributed by atoms with van der Waals surface area (Å²) in [6.45, 7) is 1.87. The first-order valence-electron chi connectivity index (χ1n) is 10.1. The number of nitrogens with zero attached hydrogens (tertiary/aromatic N) is 2. The third-order valence-electron chi connectivity index (χ3n) is 5.39. The van der Waals surface area contributed by atoms with E-state index in [1.165, 1.54) is 4.57 Å². The molecule has 2 heterocycles. The van der Waals surface area contributed by atoms with Gasteiger partial charge < -0.3 is 23.9 Å². The molecule has 160 valence electrons. The number of nitrogens with one attached hydrogen (secondary N) is 1. The maximum atomic E-state index is 13.0. The monoisotopic (exact) mass is 419 g/mol. The van der Waals surface area contributed by atoms with Crippen molar-refractivity contribution in [3.63, 3.8) is 0 Å². The van der Waals surface area contributed by atoms with Gasteiger partial charge in [0.1, 0.15) is 5.75 Å². The molecule has 0 aliphatic heterocycles. The molecule has 0 unspecified atom stereocenters. The molecule has 7 heteroatoms. The molecule has 1 amide bonds. The number of aromatic nitrogens is 2. The van der Waals surface area contributed by atoms with Crippen LogP contribution in [0.4, 0.5) is 0 Å². The Morgan fingerprint density at radius 2 is 1.81 bits per heavy atom. The Morgan fingerprint density at radius 1 is 1.00 bits per heavy atom. The predicted molar refractivity (Wildman–Crippen MR) is 121 cm³/mol. The topological polar surface area (TPSA) is 74.5 Å². The molecule has 4 rings (SSSR count). The number of amides is 1. The number of benzene rings is 2. The lowest BCUT2D eigenvalue weighted by molar-refractivity contribution is 0.0953. The fourth-order valence-electron chi connectivity index (χ4n) is 3.77. The lowest BCUT2D eigenvalue weighted by atomic mass is 10.1. The summed E-state index contributed by atoms with van der Waals surface area (Å²) in [4.78, 5) is 25.7. The SMILES string of the molecule is COCCn1cc(C(=O)NCCn2ccc3cc(OC)ccc32)c2ccccc2c1=O. The van der Waals surface area contributed by atoms with Gasteiger partial charge in [-0.2, -0.15) is 0 Å². The van der Waals surface area contributed by atoms with Gasteiger partial charge in [0.15, 0.2) is 0 Å². The summed E-state index contributed by atoms with van der Waals surface area (Å²) in [5, 5.41) is 5.25. The first kappa shape index (κ1) is 20.7. The number of carbonyl (C=O) groups excluding carboxylic acids is 1. The standard InChI is InChI=1S/C24H25N3O4/c1-30-14-13-27-16-21(19-5-3-4-6-20(19)24(27)29)23(28)25-10-12-26-11-9-17-15-18(31-2)7-8-22(17)26/h3-9,11,15-16H,10,12-14H2,1-2H3,(H,25,28). The van der Waals surface area contributed by atoms with Crippen LogP contribution in [0.1, 0.15) is 10.4 Å². The van der Waals surface area contributed by atoms with Gasteiger partial charge in [0.2, 0.25) is 0 Å². The second-order valence-electron chi connectivity index (χ2n) is 7.27. The van der Waals surface area contributed by atoms with Crippen molar-refractivity contribution in [2.24, 2.45) is 0 Å². The molecule has 0 aliphatic rings. The predicted octanol–water partition coefficient (Wildman–Crippen LogP) is 3.04. The third-order valence-corrected chi connectivity index (χ3v) is 5.39. The number of methoxy groups -OCH3 is 2. The Hall–Kier alpha value is -3.58. The summed E-state index contributed by atoms with van der Waals surface area (Å²) >= 11 is 0. The molecule has 0 radical (unpaired) electrons. The highest BCUT2D eigenvalue weighted by Crippen LogP contribution is 2.21. The summed E-state index contributed by atoms with van der Waals surface area (Å²) in [7, 11) is 3.23. The van der Waals surface area contributed by atoms with E-state index in [9.17, 15) is 9.59 Å². The van der Waals surface area contributed by atoms with Crippen molar-refractivity contribution in [1.29, 1.82) is 0 Å². The second-order valence-corrected chi connectivity index (χ2v) is 7.27. The average Bonchev–Trinajstić information content (AvgIpc) is 3.20. The van der Waals surface area contributed by atoms with E-state index in [0.29, 0.717) is 42.6 Å². The molecule has 7 nitrogen and oxygen atoms in total. The average molecular weight is 419 g/mol. The fraction of sp³-hybridized carbons (Fsp3) is 0.250.